The van der Waals surface area contributed by atoms with E-state index in [1.165, 1.54) is 0 Å². The molecule has 8 nitrogen and oxygen atoms in total. The SMILES string of the molecule is CCn1ccc(C(=O)N2CCCCC2(C)C(=O)Nc2n[nH]c(-c3ccccc3)c2C)n1. The number of carbonyl (C=O) groups excluding carboxylic acids is 2. The smallest absolute Gasteiger partial charge is 0.275 e. The van der Waals surface area contributed by atoms with Crippen LogP contribution in [-0.4, -0.2) is 48.8 Å². The Labute approximate surface area is 181 Å². The van der Waals surface area contributed by atoms with Gasteiger partial charge in [0.1, 0.15) is 11.2 Å². The van der Waals surface area contributed by atoms with Gasteiger partial charge in [0.15, 0.2) is 5.82 Å². The van der Waals surface area contributed by atoms with Crippen molar-refractivity contribution in [1.82, 2.24) is 24.9 Å². The number of amides is 2. The number of rotatable bonds is 5. The van der Waals surface area contributed by atoms with Crippen molar-refractivity contribution in [2.45, 2.75) is 52.1 Å². The van der Waals surface area contributed by atoms with E-state index in [2.05, 4.69) is 20.6 Å². The van der Waals surface area contributed by atoms with E-state index in [-0.39, 0.29) is 11.8 Å². The van der Waals surface area contributed by atoms with Crippen LogP contribution >= 0.6 is 0 Å². The average Bonchev–Trinajstić information content (AvgIpc) is 3.41. The minimum absolute atomic E-state index is 0.215. The number of aromatic nitrogens is 4. The van der Waals surface area contributed by atoms with Crippen molar-refractivity contribution in [2.24, 2.45) is 0 Å². The van der Waals surface area contributed by atoms with Crippen LogP contribution in [0.3, 0.4) is 0 Å². The third-order valence-corrected chi connectivity index (χ3v) is 6.11. The quantitative estimate of drug-likeness (QED) is 0.659. The Hall–Kier alpha value is -3.42. The van der Waals surface area contributed by atoms with E-state index in [0.29, 0.717) is 31.0 Å². The third kappa shape index (κ3) is 3.85. The molecular formula is C23H28N6O2. The number of aromatic amines is 1. The largest absolute Gasteiger partial charge is 0.323 e. The van der Waals surface area contributed by atoms with Crippen LogP contribution in [0.5, 0.6) is 0 Å². The number of anilines is 1. The molecule has 1 unspecified atom stereocenters. The van der Waals surface area contributed by atoms with Crippen molar-refractivity contribution in [1.29, 1.82) is 0 Å². The molecule has 0 spiro atoms. The van der Waals surface area contributed by atoms with Crippen LogP contribution < -0.4 is 5.32 Å². The van der Waals surface area contributed by atoms with Gasteiger partial charge in [-0.25, -0.2) is 0 Å². The summed E-state index contributed by atoms with van der Waals surface area (Å²) in [4.78, 5) is 28.3. The second-order valence-electron chi connectivity index (χ2n) is 8.14. The summed E-state index contributed by atoms with van der Waals surface area (Å²) in [6.45, 7) is 6.93. The number of H-pyrrole nitrogens is 1. The van der Waals surface area contributed by atoms with Gasteiger partial charge in [0.2, 0.25) is 0 Å². The first-order valence-corrected chi connectivity index (χ1v) is 10.7. The molecule has 2 aromatic heterocycles. The van der Waals surface area contributed by atoms with Gasteiger partial charge in [-0.15, -0.1) is 0 Å². The lowest BCUT2D eigenvalue weighted by molar-refractivity contribution is -0.127. The van der Waals surface area contributed by atoms with Gasteiger partial charge in [-0.3, -0.25) is 19.4 Å². The maximum absolute atomic E-state index is 13.4. The van der Waals surface area contributed by atoms with Crippen molar-refractivity contribution in [3.63, 3.8) is 0 Å². The van der Waals surface area contributed by atoms with Crippen LogP contribution in [0.1, 0.15) is 49.2 Å². The summed E-state index contributed by atoms with van der Waals surface area (Å²) in [5.41, 5.74) is 2.12. The van der Waals surface area contributed by atoms with Gasteiger partial charge in [-0.05, 0) is 51.7 Å². The van der Waals surface area contributed by atoms with Crippen molar-refractivity contribution in [2.75, 3.05) is 11.9 Å². The number of aryl methyl sites for hydroxylation is 1. The highest BCUT2D eigenvalue weighted by molar-refractivity contribution is 6.03. The van der Waals surface area contributed by atoms with Gasteiger partial charge in [-0.2, -0.15) is 10.2 Å². The van der Waals surface area contributed by atoms with Crippen LogP contribution in [-0.2, 0) is 11.3 Å². The molecule has 3 aromatic rings. The molecule has 0 radical (unpaired) electrons. The number of nitrogens with zero attached hydrogens (tertiary/aromatic N) is 4. The lowest BCUT2D eigenvalue weighted by atomic mass is 9.87. The zero-order valence-electron chi connectivity index (χ0n) is 18.2. The zero-order valence-corrected chi connectivity index (χ0v) is 18.2. The Bertz CT molecular complexity index is 1090. The number of hydrogen-bond donors (Lipinski definition) is 2. The van der Waals surface area contributed by atoms with Crippen molar-refractivity contribution in [3.05, 3.63) is 53.9 Å². The van der Waals surface area contributed by atoms with E-state index in [1.54, 1.807) is 21.8 Å². The summed E-state index contributed by atoms with van der Waals surface area (Å²) in [7, 11) is 0. The minimum Gasteiger partial charge on any atom is -0.323 e. The molecule has 1 aliphatic heterocycles. The molecular weight excluding hydrogens is 392 g/mol. The molecule has 8 heteroatoms. The number of likely N-dealkylation sites (tertiary alicyclic amines) is 1. The Balaban J connectivity index is 1.57. The fourth-order valence-corrected chi connectivity index (χ4v) is 4.12. The molecule has 2 N–H and O–H groups in total. The van der Waals surface area contributed by atoms with Gasteiger partial charge in [0.05, 0.1) is 5.69 Å². The van der Waals surface area contributed by atoms with E-state index < -0.39 is 5.54 Å². The molecule has 3 heterocycles. The first-order chi connectivity index (χ1) is 14.9. The monoisotopic (exact) mass is 420 g/mol. The lowest BCUT2D eigenvalue weighted by Gasteiger charge is -2.43. The number of nitrogens with one attached hydrogen (secondary N) is 2. The summed E-state index contributed by atoms with van der Waals surface area (Å²) in [5.74, 6) is 0.0382. The molecule has 1 aromatic carbocycles. The Morgan fingerprint density at radius 1 is 1.19 bits per heavy atom. The van der Waals surface area contributed by atoms with Crippen molar-refractivity contribution < 1.29 is 9.59 Å². The predicted molar refractivity (Wildman–Crippen MR) is 119 cm³/mol. The summed E-state index contributed by atoms with van der Waals surface area (Å²) >= 11 is 0. The molecule has 2 amide bonds. The number of carbonyl (C=O) groups is 2. The molecule has 1 aliphatic rings. The molecule has 4 rings (SSSR count). The molecule has 162 valence electrons. The number of hydrogen-bond acceptors (Lipinski definition) is 4. The summed E-state index contributed by atoms with van der Waals surface area (Å²) in [6, 6.07) is 11.6. The van der Waals surface area contributed by atoms with E-state index in [1.807, 2.05) is 51.1 Å². The minimum atomic E-state index is -0.969. The molecule has 0 bridgehead atoms. The lowest BCUT2D eigenvalue weighted by Crippen LogP contribution is -2.59. The maximum atomic E-state index is 13.4. The van der Waals surface area contributed by atoms with Crippen LogP contribution in [0.15, 0.2) is 42.6 Å². The van der Waals surface area contributed by atoms with E-state index >= 15 is 0 Å². The highest BCUT2D eigenvalue weighted by atomic mass is 16.2. The Kier molecular flexibility index (Phi) is 5.63. The van der Waals surface area contributed by atoms with E-state index in [9.17, 15) is 9.59 Å². The second-order valence-corrected chi connectivity index (χ2v) is 8.14. The normalized spacial score (nSPS) is 18.7. The number of piperidine rings is 1. The zero-order chi connectivity index (χ0) is 22.0. The standard InChI is InChI=1S/C23H28N6O2/c1-4-28-15-12-18(27-28)21(30)29-14-9-8-13-23(29,3)22(31)24-20-16(2)19(25-26-20)17-10-6-5-7-11-17/h5-7,10-12,15H,4,8-9,13-14H2,1-3H3,(H2,24,25,26,31). The summed E-state index contributed by atoms with van der Waals surface area (Å²) in [5, 5.41) is 14.6. The number of benzene rings is 1. The van der Waals surface area contributed by atoms with Gasteiger partial charge >= 0.3 is 0 Å². The van der Waals surface area contributed by atoms with Gasteiger partial charge in [0, 0.05) is 24.8 Å². The van der Waals surface area contributed by atoms with Gasteiger partial charge < -0.3 is 10.2 Å². The molecule has 0 saturated carbocycles. The van der Waals surface area contributed by atoms with E-state index in [0.717, 1.165) is 29.7 Å². The van der Waals surface area contributed by atoms with Crippen LogP contribution in [0.25, 0.3) is 11.3 Å². The first-order valence-electron chi connectivity index (χ1n) is 10.7. The molecule has 1 atom stereocenters. The van der Waals surface area contributed by atoms with Crippen LogP contribution in [0, 0.1) is 6.92 Å². The maximum Gasteiger partial charge on any atom is 0.275 e. The second kappa shape index (κ2) is 8.37. The van der Waals surface area contributed by atoms with Crippen molar-refractivity contribution >= 4 is 17.6 Å². The Morgan fingerprint density at radius 2 is 1.97 bits per heavy atom. The topological polar surface area (TPSA) is 95.9 Å². The Morgan fingerprint density at radius 3 is 2.68 bits per heavy atom. The summed E-state index contributed by atoms with van der Waals surface area (Å²) in [6.07, 6.45) is 4.12. The first kappa shape index (κ1) is 20.8. The van der Waals surface area contributed by atoms with Gasteiger partial charge in [0.25, 0.3) is 11.8 Å². The molecule has 0 aliphatic carbocycles. The highest BCUT2D eigenvalue weighted by Crippen LogP contribution is 2.32. The molecule has 1 fully saturated rings. The molecule has 31 heavy (non-hydrogen) atoms. The fraction of sp³-hybridized carbons (Fsp3) is 0.391. The fourth-order valence-electron chi connectivity index (χ4n) is 4.12. The van der Waals surface area contributed by atoms with Crippen LogP contribution in [0.2, 0.25) is 0 Å². The van der Waals surface area contributed by atoms with Crippen molar-refractivity contribution in [3.8, 4) is 11.3 Å². The third-order valence-electron chi connectivity index (χ3n) is 6.11. The summed E-state index contributed by atoms with van der Waals surface area (Å²) < 4.78 is 1.72. The van der Waals surface area contributed by atoms with E-state index in [4.69, 9.17) is 0 Å². The predicted octanol–water partition coefficient (Wildman–Crippen LogP) is 3.63. The van der Waals surface area contributed by atoms with Crippen LogP contribution in [0.4, 0.5) is 5.82 Å². The molecule has 1 saturated heterocycles. The van der Waals surface area contributed by atoms with Gasteiger partial charge in [-0.1, -0.05) is 30.3 Å². The average molecular weight is 421 g/mol. The highest BCUT2D eigenvalue weighted by Gasteiger charge is 2.44.